The van der Waals surface area contributed by atoms with E-state index >= 15 is 0 Å². The fourth-order valence-electron chi connectivity index (χ4n) is 0.875. The molecule has 0 bridgehead atoms. The van der Waals surface area contributed by atoms with Gasteiger partial charge in [-0.3, -0.25) is 0 Å². The number of hydrogen-bond acceptors (Lipinski definition) is 3. The summed E-state index contributed by atoms with van der Waals surface area (Å²) < 4.78 is 0. The Morgan fingerprint density at radius 1 is 1.29 bits per heavy atom. The van der Waals surface area contributed by atoms with Crippen LogP contribution in [0, 0.1) is 5.41 Å². The van der Waals surface area contributed by atoms with Gasteiger partial charge in [-0.05, 0) is 33.1 Å². The normalized spacial score (nSPS) is 11.9. The van der Waals surface area contributed by atoms with E-state index in [1.54, 1.807) is 0 Å². The summed E-state index contributed by atoms with van der Waals surface area (Å²) in [5, 5.41) is 0. The maximum Gasteiger partial charge on any atom is 0.330 e. The van der Waals surface area contributed by atoms with Crippen LogP contribution in [0.1, 0.15) is 53.9 Å². The first kappa shape index (κ1) is 13.4. The molecule has 0 saturated heterocycles. The molecule has 0 rings (SSSR count). The molecule has 3 nitrogen and oxygen atoms in total. The van der Waals surface area contributed by atoms with E-state index in [4.69, 9.17) is 4.84 Å². The molecular weight excluding hydrogens is 178 g/mol. The molecule has 0 aliphatic heterocycles. The minimum Gasteiger partial charge on any atom is -0.370 e. The first-order chi connectivity index (χ1) is 6.47. The van der Waals surface area contributed by atoms with Crippen LogP contribution in [-0.2, 0) is 9.63 Å². The van der Waals surface area contributed by atoms with Crippen molar-refractivity contribution in [3.8, 4) is 0 Å². The van der Waals surface area contributed by atoms with Gasteiger partial charge >= 0.3 is 5.97 Å². The van der Waals surface area contributed by atoms with Gasteiger partial charge in [-0.25, -0.2) is 4.79 Å². The lowest BCUT2D eigenvalue weighted by molar-refractivity contribution is -0.164. The minimum absolute atomic E-state index is 0.174. The molecule has 0 aliphatic carbocycles. The molecule has 3 heteroatoms. The summed E-state index contributed by atoms with van der Waals surface area (Å²) >= 11 is 0. The van der Waals surface area contributed by atoms with Crippen LogP contribution in [0.5, 0.6) is 0 Å². The Morgan fingerprint density at radius 2 is 1.79 bits per heavy atom. The minimum atomic E-state index is -0.390. The van der Waals surface area contributed by atoms with Crippen molar-refractivity contribution >= 4 is 5.97 Å². The summed E-state index contributed by atoms with van der Waals surface area (Å²) in [7, 11) is 0. The Bertz CT molecular complexity index is 174. The van der Waals surface area contributed by atoms with Crippen LogP contribution >= 0.6 is 0 Å². The van der Waals surface area contributed by atoms with Crippen molar-refractivity contribution in [2.24, 2.45) is 5.41 Å². The van der Waals surface area contributed by atoms with Gasteiger partial charge in [0.15, 0.2) is 0 Å². The van der Waals surface area contributed by atoms with Crippen molar-refractivity contribution in [2.75, 3.05) is 0 Å². The van der Waals surface area contributed by atoms with Gasteiger partial charge in [0.05, 0.1) is 5.41 Å². The standard InChI is InChI=1S/C11H23NO2/c1-6-9(7-2)12-14-10(13)11(4,5)8-3/h9,12H,6-8H2,1-5H3. The van der Waals surface area contributed by atoms with Crippen molar-refractivity contribution in [1.82, 2.24) is 5.48 Å². The summed E-state index contributed by atoms with van der Waals surface area (Å²) in [6, 6.07) is 0.270. The average molecular weight is 201 g/mol. The number of hydroxylamine groups is 1. The summed E-state index contributed by atoms with van der Waals surface area (Å²) in [5.74, 6) is -0.174. The van der Waals surface area contributed by atoms with Gasteiger partial charge in [0.1, 0.15) is 0 Å². The summed E-state index contributed by atoms with van der Waals surface area (Å²) in [6.45, 7) is 9.91. The third-order valence-electron chi connectivity index (χ3n) is 2.74. The number of carbonyl (C=O) groups excluding carboxylic acids is 1. The SMILES string of the molecule is CCC(CC)NOC(=O)C(C)(C)CC. The molecule has 1 N–H and O–H groups in total. The Morgan fingerprint density at radius 3 is 2.14 bits per heavy atom. The van der Waals surface area contributed by atoms with Gasteiger partial charge in [-0.2, -0.15) is 5.48 Å². The van der Waals surface area contributed by atoms with Crippen molar-refractivity contribution in [1.29, 1.82) is 0 Å². The van der Waals surface area contributed by atoms with E-state index in [0.29, 0.717) is 0 Å². The van der Waals surface area contributed by atoms with Crippen molar-refractivity contribution in [3.63, 3.8) is 0 Å². The van der Waals surface area contributed by atoms with Crippen LogP contribution in [0.3, 0.4) is 0 Å². The fraction of sp³-hybridized carbons (Fsp3) is 0.909. The molecule has 14 heavy (non-hydrogen) atoms. The molecule has 0 unspecified atom stereocenters. The molecule has 0 fully saturated rings. The van der Waals surface area contributed by atoms with Crippen molar-refractivity contribution in [3.05, 3.63) is 0 Å². The van der Waals surface area contributed by atoms with E-state index in [-0.39, 0.29) is 17.4 Å². The number of rotatable bonds is 6. The van der Waals surface area contributed by atoms with E-state index in [1.165, 1.54) is 0 Å². The second-order valence-corrected chi connectivity index (χ2v) is 4.26. The van der Waals surface area contributed by atoms with Crippen LogP contribution in [0.15, 0.2) is 0 Å². The third-order valence-corrected chi connectivity index (χ3v) is 2.74. The molecule has 0 aromatic heterocycles. The average Bonchev–Trinajstić information content (AvgIpc) is 2.19. The monoisotopic (exact) mass is 201 g/mol. The largest absolute Gasteiger partial charge is 0.370 e. The molecule has 0 amide bonds. The molecular formula is C11H23NO2. The molecule has 84 valence electrons. The molecule has 0 atom stereocenters. The van der Waals surface area contributed by atoms with Crippen molar-refractivity contribution in [2.45, 2.75) is 59.9 Å². The lowest BCUT2D eigenvalue weighted by Gasteiger charge is -2.22. The summed E-state index contributed by atoms with van der Waals surface area (Å²) in [4.78, 5) is 16.6. The van der Waals surface area contributed by atoms with Gasteiger partial charge in [0.25, 0.3) is 0 Å². The highest BCUT2D eigenvalue weighted by molar-refractivity contribution is 5.75. The van der Waals surface area contributed by atoms with Gasteiger partial charge in [-0.1, -0.05) is 20.8 Å². The van der Waals surface area contributed by atoms with Crippen molar-refractivity contribution < 1.29 is 9.63 Å². The highest BCUT2D eigenvalue weighted by Gasteiger charge is 2.27. The fourth-order valence-corrected chi connectivity index (χ4v) is 0.875. The molecule has 0 aliphatic rings. The maximum atomic E-state index is 11.5. The van der Waals surface area contributed by atoms with E-state index < -0.39 is 0 Å². The number of nitrogens with one attached hydrogen (secondary N) is 1. The zero-order chi connectivity index (χ0) is 11.2. The lowest BCUT2D eigenvalue weighted by Crippen LogP contribution is -2.36. The van der Waals surface area contributed by atoms with Crippen LogP contribution in [-0.4, -0.2) is 12.0 Å². The Balaban J connectivity index is 3.95. The maximum absolute atomic E-state index is 11.5. The van der Waals surface area contributed by atoms with E-state index in [1.807, 2.05) is 20.8 Å². The van der Waals surface area contributed by atoms with E-state index in [0.717, 1.165) is 19.3 Å². The van der Waals surface area contributed by atoms with Crippen LogP contribution in [0.25, 0.3) is 0 Å². The molecule has 0 heterocycles. The Hall–Kier alpha value is -0.570. The topological polar surface area (TPSA) is 38.3 Å². The van der Waals surface area contributed by atoms with Gasteiger partial charge in [0, 0.05) is 6.04 Å². The zero-order valence-corrected chi connectivity index (χ0v) is 10.0. The van der Waals surface area contributed by atoms with Crippen LogP contribution in [0.4, 0.5) is 0 Å². The van der Waals surface area contributed by atoms with Gasteiger partial charge in [-0.15, -0.1) is 0 Å². The predicted molar refractivity (Wildman–Crippen MR) is 57.7 cm³/mol. The third kappa shape index (κ3) is 4.09. The highest BCUT2D eigenvalue weighted by Crippen LogP contribution is 2.20. The summed E-state index contributed by atoms with van der Waals surface area (Å²) in [5.41, 5.74) is 2.42. The number of carbonyl (C=O) groups is 1. The summed E-state index contributed by atoms with van der Waals surface area (Å²) in [6.07, 6.45) is 2.73. The Kier molecular flexibility index (Phi) is 5.77. The van der Waals surface area contributed by atoms with E-state index in [2.05, 4.69) is 19.3 Å². The van der Waals surface area contributed by atoms with Crippen LogP contribution < -0.4 is 5.48 Å². The number of hydrogen-bond donors (Lipinski definition) is 1. The zero-order valence-electron chi connectivity index (χ0n) is 10.0. The molecule has 0 saturated carbocycles. The second kappa shape index (κ2) is 6.02. The molecule has 0 spiro atoms. The quantitative estimate of drug-likeness (QED) is 0.671. The lowest BCUT2D eigenvalue weighted by atomic mass is 9.91. The molecule has 0 aromatic rings. The smallest absolute Gasteiger partial charge is 0.330 e. The Labute approximate surface area is 87.2 Å². The van der Waals surface area contributed by atoms with Gasteiger partial charge < -0.3 is 4.84 Å². The van der Waals surface area contributed by atoms with E-state index in [9.17, 15) is 4.79 Å². The second-order valence-electron chi connectivity index (χ2n) is 4.26. The predicted octanol–water partition coefficient (Wildman–Crippen LogP) is 2.66. The first-order valence-corrected chi connectivity index (χ1v) is 5.44. The van der Waals surface area contributed by atoms with Crippen LogP contribution in [0.2, 0.25) is 0 Å². The van der Waals surface area contributed by atoms with Gasteiger partial charge in [0.2, 0.25) is 0 Å². The molecule has 0 radical (unpaired) electrons. The first-order valence-electron chi connectivity index (χ1n) is 5.44. The highest BCUT2D eigenvalue weighted by atomic mass is 16.7. The molecule has 0 aromatic carbocycles.